The van der Waals surface area contributed by atoms with E-state index in [4.69, 9.17) is 52.1 Å². The number of anilines is 2. The van der Waals surface area contributed by atoms with Gasteiger partial charge >= 0.3 is 18.1 Å². The van der Waals surface area contributed by atoms with Crippen molar-refractivity contribution in [3.8, 4) is 0 Å². The average Bonchev–Trinajstić information content (AvgIpc) is 3.22. The van der Waals surface area contributed by atoms with Crippen molar-refractivity contribution in [2.24, 2.45) is 0 Å². The van der Waals surface area contributed by atoms with Gasteiger partial charge in [-0.05, 0) is 36.8 Å². The smallest absolute Gasteiger partial charge is 0.416 e. The van der Waals surface area contributed by atoms with E-state index in [-0.39, 0.29) is 37.0 Å². The third kappa shape index (κ3) is 28.7. The first-order chi connectivity index (χ1) is 28.8. The Balaban J connectivity index is 1.26. The molecule has 0 saturated carbocycles. The Bertz CT molecular complexity index is 1340. The molecule has 0 heterocycles. The van der Waals surface area contributed by atoms with Crippen LogP contribution in [0.25, 0.3) is 0 Å². The maximum atomic E-state index is 13.1. The number of carbonyl (C=O) groups is 2. The van der Waals surface area contributed by atoms with Gasteiger partial charge in [-0.2, -0.15) is 13.2 Å². The van der Waals surface area contributed by atoms with Gasteiger partial charge in [0.15, 0.2) is 0 Å². The molecule has 0 saturated heterocycles. The molecule has 1 N–H and O–H groups in total. The van der Waals surface area contributed by atoms with Crippen molar-refractivity contribution in [1.82, 2.24) is 0 Å². The minimum absolute atomic E-state index is 0.00631. The molecule has 336 valence electrons. The first kappa shape index (κ1) is 51.8. The molecule has 0 spiro atoms. The van der Waals surface area contributed by atoms with Crippen molar-refractivity contribution < 1.29 is 74.9 Å². The van der Waals surface area contributed by atoms with Crippen LogP contribution in [0.15, 0.2) is 48.5 Å². The highest BCUT2D eigenvalue weighted by atomic mass is 19.4. The molecule has 2 aromatic rings. The first-order valence-corrected chi connectivity index (χ1v) is 20.4. The number of hydrogen-bond acceptors (Lipinski definition) is 14. The molecule has 0 bridgehead atoms. The van der Waals surface area contributed by atoms with E-state index < -0.39 is 17.7 Å². The van der Waals surface area contributed by atoms with Gasteiger partial charge in [0.05, 0.1) is 136 Å². The Labute approximate surface area is 346 Å². The van der Waals surface area contributed by atoms with Crippen molar-refractivity contribution in [1.29, 1.82) is 0 Å². The van der Waals surface area contributed by atoms with E-state index in [0.29, 0.717) is 124 Å². The standard InChI is InChI=1S/C42H64F3NO13/c1-2-3-4-5-6-14-40(47)58-33-31-56-29-27-54-25-23-52-21-19-50-17-15-49-16-18-51-20-22-53-24-26-55-28-30-57-32-34-59-41(48)38-12-7-8-13-39(38)46-37-11-9-10-36(35-37)42(43,44)45/h7-13,35,46H,2-6,14-34H2,1H3. The molecule has 0 unspecified atom stereocenters. The van der Waals surface area contributed by atoms with E-state index in [2.05, 4.69) is 12.2 Å². The number of esters is 2. The summed E-state index contributed by atoms with van der Waals surface area (Å²) in [6, 6.07) is 11.1. The summed E-state index contributed by atoms with van der Waals surface area (Å²) in [5.41, 5.74) is -0.102. The molecular weight excluding hydrogens is 783 g/mol. The Hall–Kier alpha value is -3.39. The van der Waals surface area contributed by atoms with Gasteiger partial charge in [0, 0.05) is 12.1 Å². The number of rotatable bonds is 39. The molecular formula is C42H64F3NO13. The van der Waals surface area contributed by atoms with Crippen LogP contribution >= 0.6 is 0 Å². The van der Waals surface area contributed by atoms with E-state index in [9.17, 15) is 22.8 Å². The summed E-state index contributed by atoms with van der Waals surface area (Å²) in [6.45, 7) is 9.70. The SMILES string of the molecule is CCCCCCCC(=O)OCCOCCOCCOCCOCCOCCOCCOCCOCCOCCOC(=O)c1ccccc1Nc1cccc(C(F)(F)F)c1. The van der Waals surface area contributed by atoms with E-state index in [1.165, 1.54) is 37.5 Å². The molecule has 17 heteroatoms. The second-order valence-electron chi connectivity index (χ2n) is 12.8. The fraction of sp³-hybridized carbons (Fsp3) is 0.667. The Morgan fingerprint density at radius 2 is 0.932 bits per heavy atom. The highest BCUT2D eigenvalue weighted by Gasteiger charge is 2.30. The highest BCUT2D eigenvalue weighted by molar-refractivity contribution is 5.96. The van der Waals surface area contributed by atoms with E-state index >= 15 is 0 Å². The van der Waals surface area contributed by atoms with Crippen LogP contribution in [0.5, 0.6) is 0 Å². The maximum Gasteiger partial charge on any atom is 0.416 e. The lowest BCUT2D eigenvalue weighted by Crippen LogP contribution is -2.16. The van der Waals surface area contributed by atoms with Crippen LogP contribution < -0.4 is 5.32 Å². The molecule has 0 atom stereocenters. The van der Waals surface area contributed by atoms with Gasteiger partial charge in [-0.3, -0.25) is 4.79 Å². The van der Waals surface area contributed by atoms with Gasteiger partial charge in [-0.25, -0.2) is 4.79 Å². The number of ether oxygens (including phenoxy) is 11. The van der Waals surface area contributed by atoms with Gasteiger partial charge in [0.1, 0.15) is 13.2 Å². The summed E-state index contributed by atoms with van der Waals surface area (Å²) >= 11 is 0. The van der Waals surface area contributed by atoms with Crippen molar-refractivity contribution in [3.63, 3.8) is 0 Å². The number of alkyl halides is 3. The molecule has 2 rings (SSSR count). The number of hydrogen-bond donors (Lipinski definition) is 1. The summed E-state index contributed by atoms with van der Waals surface area (Å²) in [5, 5.41) is 2.86. The molecule has 0 aliphatic carbocycles. The van der Waals surface area contributed by atoms with Gasteiger partial charge in [0.25, 0.3) is 0 Å². The van der Waals surface area contributed by atoms with Gasteiger partial charge in [-0.15, -0.1) is 0 Å². The largest absolute Gasteiger partial charge is 0.463 e. The van der Waals surface area contributed by atoms with Crippen LogP contribution in [0.3, 0.4) is 0 Å². The van der Waals surface area contributed by atoms with Crippen LogP contribution in [0.4, 0.5) is 24.5 Å². The van der Waals surface area contributed by atoms with Gasteiger partial charge < -0.3 is 57.4 Å². The Morgan fingerprint density at radius 1 is 0.508 bits per heavy atom. The number of para-hydroxylation sites is 1. The van der Waals surface area contributed by atoms with E-state index in [0.717, 1.165) is 25.0 Å². The summed E-state index contributed by atoms with van der Waals surface area (Å²) < 4.78 is 98.7. The second kappa shape index (κ2) is 35.4. The van der Waals surface area contributed by atoms with E-state index in [1.54, 1.807) is 18.2 Å². The van der Waals surface area contributed by atoms with Crippen molar-refractivity contribution >= 4 is 23.3 Å². The molecule has 0 amide bonds. The van der Waals surface area contributed by atoms with Crippen LogP contribution in [-0.2, 0) is 63.1 Å². The fourth-order valence-corrected chi connectivity index (χ4v) is 4.99. The molecule has 0 aromatic heterocycles. The lowest BCUT2D eigenvalue weighted by molar-refractivity contribution is -0.145. The highest BCUT2D eigenvalue weighted by Crippen LogP contribution is 2.32. The van der Waals surface area contributed by atoms with Crippen molar-refractivity contribution in [3.05, 3.63) is 59.7 Å². The quantitative estimate of drug-likeness (QED) is 0.0565. The van der Waals surface area contributed by atoms with Crippen molar-refractivity contribution in [2.45, 2.75) is 51.6 Å². The van der Waals surface area contributed by atoms with Crippen LogP contribution in [0.1, 0.15) is 61.4 Å². The summed E-state index contributed by atoms with van der Waals surface area (Å²) in [5.74, 6) is -0.795. The lowest BCUT2D eigenvalue weighted by Gasteiger charge is -2.13. The zero-order valence-electron chi connectivity index (χ0n) is 34.4. The lowest BCUT2D eigenvalue weighted by atomic mass is 10.1. The van der Waals surface area contributed by atoms with Gasteiger partial charge in [0.2, 0.25) is 0 Å². The third-order valence-corrected chi connectivity index (χ3v) is 8.03. The number of halogens is 3. The molecule has 0 radical (unpaired) electrons. The van der Waals surface area contributed by atoms with E-state index in [1.807, 2.05) is 0 Å². The number of unbranched alkanes of at least 4 members (excludes halogenated alkanes) is 4. The third-order valence-electron chi connectivity index (χ3n) is 8.03. The minimum atomic E-state index is -4.48. The first-order valence-electron chi connectivity index (χ1n) is 20.4. The van der Waals surface area contributed by atoms with Crippen LogP contribution in [0.2, 0.25) is 0 Å². The maximum absolute atomic E-state index is 13.1. The molecule has 0 fully saturated rings. The Kier molecular flexibility index (Phi) is 31.0. The predicted octanol–water partition coefficient (Wildman–Crippen LogP) is 6.66. The molecule has 0 aliphatic rings. The summed E-state index contributed by atoms with van der Waals surface area (Å²) in [7, 11) is 0. The average molecular weight is 848 g/mol. The zero-order valence-corrected chi connectivity index (χ0v) is 34.4. The normalized spacial score (nSPS) is 11.5. The monoisotopic (exact) mass is 847 g/mol. The fourth-order valence-electron chi connectivity index (χ4n) is 4.99. The number of nitrogens with one attached hydrogen (secondary N) is 1. The summed E-state index contributed by atoms with van der Waals surface area (Å²) in [6.07, 6.45) is 1.50. The minimum Gasteiger partial charge on any atom is -0.463 e. The van der Waals surface area contributed by atoms with Gasteiger partial charge in [-0.1, -0.05) is 50.8 Å². The number of carbonyl (C=O) groups excluding carboxylic acids is 2. The zero-order chi connectivity index (χ0) is 42.5. The summed E-state index contributed by atoms with van der Waals surface area (Å²) in [4.78, 5) is 24.2. The molecule has 0 aliphatic heterocycles. The van der Waals surface area contributed by atoms with Crippen molar-refractivity contribution in [2.75, 3.05) is 137 Å². The Morgan fingerprint density at radius 3 is 1.39 bits per heavy atom. The number of benzene rings is 2. The molecule has 14 nitrogen and oxygen atoms in total. The second-order valence-corrected chi connectivity index (χ2v) is 12.8. The predicted molar refractivity (Wildman–Crippen MR) is 213 cm³/mol. The van der Waals surface area contributed by atoms with Crippen LogP contribution in [-0.4, -0.2) is 144 Å². The van der Waals surface area contributed by atoms with Crippen LogP contribution in [0, 0.1) is 0 Å². The topological polar surface area (TPSA) is 148 Å². The molecule has 59 heavy (non-hydrogen) atoms. The molecule has 2 aromatic carbocycles.